The van der Waals surface area contributed by atoms with Crippen molar-refractivity contribution in [3.8, 4) is 56.7 Å². The van der Waals surface area contributed by atoms with E-state index in [9.17, 15) is 2.74 Å². The average molecular weight is 828 g/mol. The Bertz CT molecular complexity index is 4220. The molecule has 5 nitrogen and oxygen atoms in total. The predicted molar refractivity (Wildman–Crippen MR) is 263 cm³/mol. The molecule has 0 bridgehead atoms. The summed E-state index contributed by atoms with van der Waals surface area (Å²) in [4.78, 5) is 15.8. The van der Waals surface area contributed by atoms with Crippen molar-refractivity contribution in [3.63, 3.8) is 0 Å². The zero-order chi connectivity index (χ0) is 46.7. The molecule has 13 rings (SSSR count). The molecule has 0 unspecified atom stereocenters. The first-order chi connectivity index (χ1) is 33.7. The fourth-order valence-electron chi connectivity index (χ4n) is 9.20. The monoisotopic (exact) mass is 827 g/mol. The molecule has 63 heavy (non-hydrogen) atoms. The minimum atomic E-state index is -0.299. The number of benzene rings is 9. The average Bonchev–Trinajstić information content (AvgIpc) is 4.07. The molecule has 9 aromatic carbocycles. The summed E-state index contributed by atoms with van der Waals surface area (Å²) in [5.41, 5.74) is 8.89. The van der Waals surface area contributed by atoms with Crippen molar-refractivity contribution in [2.45, 2.75) is 0 Å². The van der Waals surface area contributed by atoms with Gasteiger partial charge in [-0.25, -0.2) is 15.0 Å². The fourth-order valence-corrected chi connectivity index (χ4v) is 10.3. The summed E-state index contributed by atoms with van der Waals surface area (Å²) in [6, 6.07) is 57.7. The second-order valence-electron chi connectivity index (χ2n) is 15.5. The SMILES string of the molecule is [2H]c1cc([2H])c2sc3c(-c4ccc(-c5nc(-c6ccccc6)nc(-c6cccc7c8ccccc8n(-c8ccccc8)c67)n5)cc4-n4c5ccccc5c5ccccc54)c([2H])c([2H])c([2H])c3c2c1[2H]. The Labute approximate surface area is 374 Å². The van der Waals surface area contributed by atoms with E-state index in [0.717, 1.165) is 60.4 Å². The van der Waals surface area contributed by atoms with Gasteiger partial charge in [0.15, 0.2) is 17.5 Å². The molecule has 0 aliphatic heterocycles. The third-order valence-electron chi connectivity index (χ3n) is 11.9. The highest BCUT2D eigenvalue weighted by atomic mass is 32.1. The van der Waals surface area contributed by atoms with Crippen molar-refractivity contribution in [2.24, 2.45) is 0 Å². The van der Waals surface area contributed by atoms with Gasteiger partial charge in [-0.15, -0.1) is 11.3 Å². The van der Waals surface area contributed by atoms with Crippen LogP contribution in [0.1, 0.15) is 8.22 Å². The lowest BCUT2D eigenvalue weighted by molar-refractivity contribution is 1.07. The van der Waals surface area contributed by atoms with E-state index in [0.29, 0.717) is 54.6 Å². The molecule has 294 valence electrons. The molecular formula is C57H35N5S. The second kappa shape index (κ2) is 14.2. The van der Waals surface area contributed by atoms with Crippen LogP contribution >= 0.6 is 11.3 Å². The number of para-hydroxylation sites is 5. The zero-order valence-corrected chi connectivity index (χ0v) is 34.2. The Morgan fingerprint density at radius 3 is 1.75 bits per heavy atom. The van der Waals surface area contributed by atoms with Crippen LogP contribution < -0.4 is 0 Å². The van der Waals surface area contributed by atoms with Gasteiger partial charge in [0, 0.05) is 75.2 Å². The number of hydrogen-bond donors (Lipinski definition) is 0. The van der Waals surface area contributed by atoms with Crippen molar-refractivity contribution in [1.29, 1.82) is 0 Å². The van der Waals surface area contributed by atoms with Gasteiger partial charge in [0.05, 0.1) is 36.0 Å². The first-order valence-corrected chi connectivity index (χ1v) is 21.5. The summed E-state index contributed by atoms with van der Waals surface area (Å²) in [6.45, 7) is 0. The predicted octanol–water partition coefficient (Wildman–Crippen LogP) is 15.1. The van der Waals surface area contributed by atoms with E-state index in [-0.39, 0.29) is 41.6 Å². The van der Waals surface area contributed by atoms with Gasteiger partial charge in [-0.1, -0.05) is 164 Å². The van der Waals surface area contributed by atoms with E-state index in [1.807, 2.05) is 97.1 Å². The van der Waals surface area contributed by atoms with Crippen LogP contribution in [0.15, 0.2) is 212 Å². The fraction of sp³-hybridized carbons (Fsp3) is 0. The number of rotatable bonds is 6. The molecule has 0 N–H and O–H groups in total. The molecule has 0 amide bonds. The standard InChI is InChI=1S/C57H35N5S/c1-3-17-36(18-4-1)55-58-56(60-57(59-55)47-28-15-25-44-41-23-9-11-29-48(41)61(53(44)47)38-19-5-2-6-20-38)37-33-34-42(45-26-16-27-46-43-24-10-14-32-52(43)63-54(45)46)51(35-37)62-49-30-12-7-21-39(49)40-22-8-13-31-50(40)62/h1-35H/i10D,16D,24D,26D,27D,32D. The van der Waals surface area contributed by atoms with Gasteiger partial charge >= 0.3 is 0 Å². The van der Waals surface area contributed by atoms with Crippen molar-refractivity contribution in [2.75, 3.05) is 0 Å². The molecule has 4 aromatic heterocycles. The van der Waals surface area contributed by atoms with Crippen LogP contribution in [0.4, 0.5) is 0 Å². The molecule has 0 saturated carbocycles. The summed E-state index contributed by atoms with van der Waals surface area (Å²) in [7, 11) is 0. The lowest BCUT2D eigenvalue weighted by atomic mass is 9.98. The molecule has 0 aliphatic rings. The maximum atomic E-state index is 9.60. The largest absolute Gasteiger partial charge is 0.309 e. The maximum absolute atomic E-state index is 9.60. The Morgan fingerprint density at radius 2 is 1.00 bits per heavy atom. The smallest absolute Gasteiger partial charge is 0.166 e. The molecule has 4 heterocycles. The number of nitrogens with zero attached hydrogens (tertiary/aromatic N) is 5. The van der Waals surface area contributed by atoms with Gasteiger partial charge in [0.2, 0.25) is 0 Å². The molecule has 0 radical (unpaired) electrons. The number of thiophene rings is 1. The minimum absolute atomic E-state index is 0.0632. The van der Waals surface area contributed by atoms with Gasteiger partial charge in [-0.05, 0) is 48.5 Å². The van der Waals surface area contributed by atoms with Gasteiger partial charge in [-0.3, -0.25) is 0 Å². The first kappa shape index (κ1) is 29.9. The van der Waals surface area contributed by atoms with Crippen LogP contribution in [0.2, 0.25) is 0 Å². The van der Waals surface area contributed by atoms with Crippen LogP contribution in [0.5, 0.6) is 0 Å². The molecule has 13 aromatic rings. The van der Waals surface area contributed by atoms with Crippen molar-refractivity contribution < 1.29 is 8.22 Å². The topological polar surface area (TPSA) is 48.5 Å². The summed E-state index contributed by atoms with van der Waals surface area (Å²) < 4.78 is 59.7. The normalized spacial score (nSPS) is 13.1. The molecule has 0 spiro atoms. The van der Waals surface area contributed by atoms with Crippen molar-refractivity contribution in [1.82, 2.24) is 24.1 Å². The Balaban J connectivity index is 1.13. The highest BCUT2D eigenvalue weighted by molar-refractivity contribution is 7.26. The zero-order valence-electron chi connectivity index (χ0n) is 39.4. The van der Waals surface area contributed by atoms with Crippen LogP contribution in [-0.4, -0.2) is 24.1 Å². The number of aromatic nitrogens is 5. The summed E-state index contributed by atoms with van der Waals surface area (Å²) >= 11 is 1.23. The molecular weight excluding hydrogens is 787 g/mol. The molecule has 6 heteroatoms. The van der Waals surface area contributed by atoms with Gasteiger partial charge in [0.25, 0.3) is 0 Å². The lowest BCUT2D eigenvalue weighted by Gasteiger charge is -2.17. The minimum Gasteiger partial charge on any atom is -0.309 e. The highest BCUT2D eigenvalue weighted by Crippen LogP contribution is 2.45. The Morgan fingerprint density at radius 1 is 0.397 bits per heavy atom. The Kier molecular flexibility index (Phi) is 6.75. The third-order valence-corrected chi connectivity index (χ3v) is 13.1. The van der Waals surface area contributed by atoms with E-state index in [4.69, 9.17) is 20.4 Å². The summed E-state index contributed by atoms with van der Waals surface area (Å²) in [5, 5.41) is 4.81. The van der Waals surface area contributed by atoms with E-state index in [1.165, 1.54) is 17.4 Å². The molecule has 0 atom stereocenters. The van der Waals surface area contributed by atoms with E-state index in [1.54, 1.807) is 0 Å². The van der Waals surface area contributed by atoms with E-state index in [2.05, 4.69) is 81.9 Å². The van der Waals surface area contributed by atoms with Crippen molar-refractivity contribution >= 4 is 75.1 Å². The molecule has 0 fully saturated rings. The number of hydrogen-bond acceptors (Lipinski definition) is 4. The van der Waals surface area contributed by atoms with Crippen LogP contribution in [0.3, 0.4) is 0 Å². The third kappa shape index (κ3) is 5.59. The van der Waals surface area contributed by atoms with Crippen LogP contribution in [-0.2, 0) is 0 Å². The van der Waals surface area contributed by atoms with Gasteiger partial charge in [0.1, 0.15) is 0 Å². The lowest BCUT2D eigenvalue weighted by Crippen LogP contribution is -2.03. The maximum Gasteiger partial charge on any atom is 0.166 e. The second-order valence-corrected chi connectivity index (χ2v) is 16.5. The highest BCUT2D eigenvalue weighted by Gasteiger charge is 2.23. The molecule has 0 saturated heterocycles. The quantitative estimate of drug-likeness (QED) is 0.168. The first-order valence-electron chi connectivity index (χ1n) is 23.7. The van der Waals surface area contributed by atoms with E-state index >= 15 is 0 Å². The summed E-state index contributed by atoms with van der Waals surface area (Å²) in [6.07, 6.45) is 0. The van der Waals surface area contributed by atoms with Gasteiger partial charge < -0.3 is 9.13 Å². The Hall–Kier alpha value is -8.19. The number of fused-ring (bicyclic) bond motifs is 9. The van der Waals surface area contributed by atoms with Crippen LogP contribution in [0.25, 0.3) is 120 Å². The van der Waals surface area contributed by atoms with Crippen LogP contribution in [0, 0.1) is 0 Å². The molecule has 0 aliphatic carbocycles. The van der Waals surface area contributed by atoms with Crippen molar-refractivity contribution in [3.05, 3.63) is 212 Å². The van der Waals surface area contributed by atoms with Gasteiger partial charge in [-0.2, -0.15) is 0 Å². The summed E-state index contributed by atoms with van der Waals surface area (Å²) in [5.74, 6) is 1.41. The van der Waals surface area contributed by atoms with E-state index < -0.39 is 0 Å².